The van der Waals surface area contributed by atoms with Gasteiger partial charge in [0.25, 0.3) is 0 Å². The van der Waals surface area contributed by atoms with Gasteiger partial charge in [-0.3, -0.25) is 4.79 Å². The van der Waals surface area contributed by atoms with Gasteiger partial charge < -0.3 is 18.8 Å². The summed E-state index contributed by atoms with van der Waals surface area (Å²) < 4.78 is 17.3. The molecule has 6 heteroatoms. The van der Waals surface area contributed by atoms with E-state index in [0.717, 1.165) is 11.1 Å². The predicted molar refractivity (Wildman–Crippen MR) is 129 cm³/mol. The molecule has 0 fully saturated rings. The van der Waals surface area contributed by atoms with E-state index in [1.165, 1.54) is 23.1 Å². The average Bonchev–Trinajstić information content (AvgIpc) is 2.82. The van der Waals surface area contributed by atoms with Crippen LogP contribution in [-0.2, 0) is 0 Å². The lowest BCUT2D eigenvalue weighted by Gasteiger charge is -2.13. The molecule has 0 bridgehead atoms. The van der Waals surface area contributed by atoms with Gasteiger partial charge in [-0.1, -0.05) is 66.7 Å². The summed E-state index contributed by atoms with van der Waals surface area (Å²) in [5, 5.41) is 0.285. The van der Waals surface area contributed by atoms with E-state index in [2.05, 4.69) is 0 Å². The standard InChI is InChI=1S/C27H23NO5/c1-28(2)27(30)32-21-16-24(31-15-9-12-19-10-5-3-6-11-19)26-22(29)18-23(33-25(26)17-21)20-13-7-4-8-14-20/h3-14,16-18H,15H2,1-2H3. The third-order valence-corrected chi connectivity index (χ3v) is 4.84. The van der Waals surface area contributed by atoms with Crippen LogP contribution in [0.25, 0.3) is 28.4 Å². The molecule has 0 saturated heterocycles. The molecule has 6 nitrogen and oxygen atoms in total. The summed E-state index contributed by atoms with van der Waals surface area (Å²) in [5.41, 5.74) is 1.82. The van der Waals surface area contributed by atoms with Crippen molar-refractivity contribution in [2.75, 3.05) is 20.7 Å². The SMILES string of the molecule is CN(C)C(=O)Oc1cc(OCC=Cc2ccccc2)c2c(=O)cc(-c3ccccc3)oc2c1. The zero-order valence-electron chi connectivity index (χ0n) is 18.4. The van der Waals surface area contributed by atoms with Crippen molar-refractivity contribution >= 4 is 23.1 Å². The molecular formula is C27H23NO5. The Bertz CT molecular complexity index is 1340. The quantitative estimate of drug-likeness (QED) is 0.389. The van der Waals surface area contributed by atoms with Gasteiger partial charge in [0.1, 0.15) is 34.8 Å². The van der Waals surface area contributed by atoms with E-state index in [-0.39, 0.29) is 34.5 Å². The predicted octanol–water partition coefficient (Wildman–Crippen LogP) is 5.61. The van der Waals surface area contributed by atoms with Gasteiger partial charge >= 0.3 is 6.09 Å². The molecule has 0 atom stereocenters. The molecule has 0 spiro atoms. The molecule has 1 amide bonds. The van der Waals surface area contributed by atoms with Crippen molar-refractivity contribution in [1.29, 1.82) is 0 Å². The number of hydrogen-bond donors (Lipinski definition) is 0. The van der Waals surface area contributed by atoms with Crippen molar-refractivity contribution in [2.45, 2.75) is 0 Å². The third-order valence-electron chi connectivity index (χ3n) is 4.84. The Balaban J connectivity index is 1.72. The van der Waals surface area contributed by atoms with Gasteiger partial charge in [-0.05, 0) is 11.6 Å². The van der Waals surface area contributed by atoms with Gasteiger partial charge in [0.05, 0.1) is 0 Å². The molecule has 0 N–H and O–H groups in total. The Kier molecular flexibility index (Phi) is 6.55. The summed E-state index contributed by atoms with van der Waals surface area (Å²) in [6.45, 7) is 0.217. The lowest BCUT2D eigenvalue weighted by atomic mass is 10.1. The second-order valence-corrected chi connectivity index (χ2v) is 7.52. The Morgan fingerprint density at radius 1 is 0.970 bits per heavy atom. The van der Waals surface area contributed by atoms with Crippen molar-refractivity contribution in [3.05, 3.63) is 101 Å². The Hall–Kier alpha value is -4.32. The molecule has 0 unspecified atom stereocenters. The van der Waals surface area contributed by atoms with E-state index in [1.54, 1.807) is 14.1 Å². The minimum Gasteiger partial charge on any atom is -0.488 e. The molecular weight excluding hydrogens is 418 g/mol. The van der Waals surface area contributed by atoms with Gasteiger partial charge in [-0.25, -0.2) is 4.79 Å². The van der Waals surface area contributed by atoms with Crippen molar-refractivity contribution < 1.29 is 18.7 Å². The number of benzene rings is 3. The summed E-state index contributed by atoms with van der Waals surface area (Å²) in [7, 11) is 3.17. The Morgan fingerprint density at radius 2 is 1.67 bits per heavy atom. The van der Waals surface area contributed by atoms with E-state index < -0.39 is 6.09 Å². The molecule has 0 radical (unpaired) electrons. The highest BCUT2D eigenvalue weighted by atomic mass is 16.6. The van der Waals surface area contributed by atoms with Crippen LogP contribution in [0.3, 0.4) is 0 Å². The molecule has 1 aromatic heterocycles. The lowest BCUT2D eigenvalue weighted by Crippen LogP contribution is -2.25. The van der Waals surface area contributed by atoms with Crippen LogP contribution in [0, 0.1) is 0 Å². The highest BCUT2D eigenvalue weighted by Gasteiger charge is 2.16. The van der Waals surface area contributed by atoms with E-state index in [9.17, 15) is 9.59 Å². The first-order valence-corrected chi connectivity index (χ1v) is 10.4. The number of fused-ring (bicyclic) bond motifs is 1. The molecule has 1 heterocycles. The zero-order valence-corrected chi connectivity index (χ0v) is 18.4. The smallest absolute Gasteiger partial charge is 0.414 e. The zero-order chi connectivity index (χ0) is 23.2. The van der Waals surface area contributed by atoms with Crippen molar-refractivity contribution in [3.63, 3.8) is 0 Å². The molecule has 0 aliphatic heterocycles. The number of carbonyl (C=O) groups is 1. The summed E-state index contributed by atoms with van der Waals surface area (Å²) in [4.78, 5) is 26.4. The molecule has 4 aromatic rings. The Morgan fingerprint density at radius 3 is 2.36 bits per heavy atom. The van der Waals surface area contributed by atoms with Crippen LogP contribution >= 0.6 is 0 Å². The second kappa shape index (κ2) is 9.87. The average molecular weight is 441 g/mol. The van der Waals surface area contributed by atoms with Crippen LogP contribution in [-0.4, -0.2) is 31.7 Å². The molecule has 3 aromatic carbocycles. The number of carbonyl (C=O) groups excluding carboxylic acids is 1. The van der Waals surface area contributed by atoms with E-state index >= 15 is 0 Å². The maximum absolute atomic E-state index is 13.0. The maximum atomic E-state index is 13.0. The molecule has 0 aliphatic rings. The van der Waals surface area contributed by atoms with Crippen molar-refractivity contribution in [1.82, 2.24) is 4.90 Å². The number of nitrogens with zero attached hydrogens (tertiary/aromatic N) is 1. The largest absolute Gasteiger partial charge is 0.488 e. The summed E-state index contributed by atoms with van der Waals surface area (Å²) in [5.74, 6) is 0.913. The normalized spacial score (nSPS) is 11.0. The van der Waals surface area contributed by atoms with Crippen LogP contribution in [0.5, 0.6) is 11.5 Å². The highest BCUT2D eigenvalue weighted by molar-refractivity contribution is 5.87. The maximum Gasteiger partial charge on any atom is 0.414 e. The molecule has 33 heavy (non-hydrogen) atoms. The van der Waals surface area contributed by atoms with E-state index in [0.29, 0.717) is 5.76 Å². The van der Waals surface area contributed by atoms with Crippen LogP contribution < -0.4 is 14.9 Å². The number of ether oxygens (including phenoxy) is 2. The highest BCUT2D eigenvalue weighted by Crippen LogP contribution is 2.32. The summed E-state index contributed by atoms with van der Waals surface area (Å²) >= 11 is 0. The minimum absolute atomic E-state index is 0.217. The van der Waals surface area contributed by atoms with E-state index in [4.69, 9.17) is 13.9 Å². The molecule has 166 valence electrons. The van der Waals surface area contributed by atoms with Gasteiger partial charge in [-0.15, -0.1) is 0 Å². The minimum atomic E-state index is -0.550. The van der Waals surface area contributed by atoms with Crippen LogP contribution in [0.1, 0.15) is 5.56 Å². The topological polar surface area (TPSA) is 69.0 Å². The number of rotatable bonds is 6. The monoisotopic (exact) mass is 441 g/mol. The molecule has 0 aliphatic carbocycles. The fourth-order valence-electron chi connectivity index (χ4n) is 3.22. The molecule has 4 rings (SSSR count). The van der Waals surface area contributed by atoms with Crippen LogP contribution in [0.15, 0.2) is 94.2 Å². The lowest BCUT2D eigenvalue weighted by molar-refractivity contribution is 0.172. The first kappa shape index (κ1) is 21.9. The number of amides is 1. The summed E-state index contributed by atoms with van der Waals surface area (Å²) in [6, 6.07) is 23.6. The first-order valence-electron chi connectivity index (χ1n) is 10.4. The summed E-state index contributed by atoms with van der Waals surface area (Å²) in [6.07, 6.45) is 3.22. The fraction of sp³-hybridized carbons (Fsp3) is 0.111. The number of hydrogen-bond acceptors (Lipinski definition) is 5. The van der Waals surface area contributed by atoms with Gasteiger partial charge in [-0.2, -0.15) is 0 Å². The van der Waals surface area contributed by atoms with Crippen LogP contribution in [0.2, 0.25) is 0 Å². The Labute approximate surface area is 191 Å². The van der Waals surface area contributed by atoms with Crippen LogP contribution in [0.4, 0.5) is 4.79 Å². The van der Waals surface area contributed by atoms with Gasteiger partial charge in [0.2, 0.25) is 0 Å². The van der Waals surface area contributed by atoms with Crippen molar-refractivity contribution in [2.24, 2.45) is 0 Å². The first-order chi connectivity index (χ1) is 16.0. The second-order valence-electron chi connectivity index (χ2n) is 7.52. The fourth-order valence-corrected chi connectivity index (χ4v) is 3.22. The van der Waals surface area contributed by atoms with Gasteiger partial charge in [0, 0.05) is 37.9 Å². The third kappa shape index (κ3) is 5.30. The molecule has 0 saturated carbocycles. The van der Waals surface area contributed by atoms with E-state index in [1.807, 2.05) is 72.8 Å². The van der Waals surface area contributed by atoms with Crippen molar-refractivity contribution in [3.8, 4) is 22.8 Å². The van der Waals surface area contributed by atoms with Gasteiger partial charge in [0.15, 0.2) is 5.43 Å².